The van der Waals surface area contributed by atoms with Crippen LogP contribution in [-0.4, -0.2) is 24.0 Å². The lowest BCUT2D eigenvalue weighted by Gasteiger charge is -1.88. The van der Waals surface area contributed by atoms with Crippen LogP contribution in [0.4, 0.5) is 0 Å². The number of carboxylic acids is 1. The number of amides is 1. The molecule has 0 bridgehead atoms. The molecule has 4 nitrogen and oxygen atoms in total. The van der Waals surface area contributed by atoms with Gasteiger partial charge >= 0.3 is 12.4 Å². The van der Waals surface area contributed by atoms with E-state index in [0.29, 0.717) is 13.0 Å². The molecule has 0 atom stereocenters. The Morgan fingerprint density at radius 2 is 2.40 bits per heavy atom. The van der Waals surface area contributed by atoms with E-state index in [4.69, 9.17) is 5.11 Å². The summed E-state index contributed by atoms with van der Waals surface area (Å²) in [5.41, 5.74) is 0. The molecular formula is C6H8NO3. The molecule has 0 aliphatic rings. The highest BCUT2D eigenvalue weighted by atomic mass is 16.4. The van der Waals surface area contributed by atoms with E-state index in [1.54, 1.807) is 0 Å². The van der Waals surface area contributed by atoms with E-state index in [9.17, 15) is 9.59 Å². The third-order valence-corrected chi connectivity index (χ3v) is 0.769. The molecule has 2 N–H and O–H groups in total. The zero-order chi connectivity index (χ0) is 7.82. The number of carbonyl (C=O) groups is 1. The fraction of sp³-hybridized carbons (Fsp3) is 0.333. The van der Waals surface area contributed by atoms with Crippen LogP contribution in [0.25, 0.3) is 0 Å². The molecular weight excluding hydrogens is 134 g/mol. The first-order valence-electron chi connectivity index (χ1n) is 2.77. The minimum Gasteiger partial charge on any atom is -0.478 e. The van der Waals surface area contributed by atoms with E-state index in [-0.39, 0.29) is 0 Å². The van der Waals surface area contributed by atoms with Crippen molar-refractivity contribution in [2.45, 2.75) is 6.42 Å². The molecule has 0 aromatic carbocycles. The van der Waals surface area contributed by atoms with Gasteiger partial charge in [0.2, 0.25) is 0 Å². The van der Waals surface area contributed by atoms with E-state index in [2.05, 4.69) is 5.32 Å². The van der Waals surface area contributed by atoms with Crippen molar-refractivity contribution in [2.75, 3.05) is 6.54 Å². The summed E-state index contributed by atoms with van der Waals surface area (Å²) >= 11 is 0. The van der Waals surface area contributed by atoms with Crippen LogP contribution in [0.5, 0.6) is 0 Å². The second kappa shape index (κ2) is 5.81. The van der Waals surface area contributed by atoms with Crippen molar-refractivity contribution in [3.8, 4) is 0 Å². The minimum absolute atomic E-state index is 0.424. The maximum atomic E-state index is 9.85. The predicted octanol–water partition coefficient (Wildman–Crippen LogP) is -0.326. The van der Waals surface area contributed by atoms with Gasteiger partial charge in [0.05, 0.1) is 0 Å². The Morgan fingerprint density at radius 3 is 2.90 bits per heavy atom. The first kappa shape index (κ1) is 8.68. The molecule has 0 aromatic rings. The standard InChI is InChI=1S/C6H8NO3/c8-5-7-4-2-1-3-6(9)10/h1,3H,2,4H2,(H,7,8)(H,9,10). The SMILES string of the molecule is O=[C]NCCC=CC(=O)O. The molecule has 1 amide bonds. The highest BCUT2D eigenvalue weighted by Crippen LogP contribution is 1.78. The van der Waals surface area contributed by atoms with Crippen molar-refractivity contribution in [1.29, 1.82) is 0 Å². The van der Waals surface area contributed by atoms with Crippen LogP contribution in [0, 0.1) is 0 Å². The third kappa shape index (κ3) is 6.68. The monoisotopic (exact) mass is 142 g/mol. The van der Waals surface area contributed by atoms with E-state index in [1.807, 2.05) is 0 Å². The molecule has 1 radical (unpaired) electrons. The van der Waals surface area contributed by atoms with Gasteiger partial charge in [-0.25, -0.2) is 4.79 Å². The molecule has 10 heavy (non-hydrogen) atoms. The third-order valence-electron chi connectivity index (χ3n) is 0.769. The van der Waals surface area contributed by atoms with Crippen LogP contribution >= 0.6 is 0 Å². The minimum atomic E-state index is -0.977. The van der Waals surface area contributed by atoms with Crippen LogP contribution in [0.3, 0.4) is 0 Å². The second-order valence-corrected chi connectivity index (χ2v) is 1.56. The molecule has 0 aromatic heterocycles. The lowest BCUT2D eigenvalue weighted by atomic mass is 10.4. The highest BCUT2D eigenvalue weighted by molar-refractivity contribution is 5.79. The number of nitrogens with one attached hydrogen (secondary N) is 1. The van der Waals surface area contributed by atoms with Gasteiger partial charge in [-0.05, 0) is 6.42 Å². The normalized spacial score (nSPS) is 9.60. The van der Waals surface area contributed by atoms with Crippen molar-refractivity contribution in [2.24, 2.45) is 0 Å². The van der Waals surface area contributed by atoms with Crippen molar-refractivity contribution in [3.63, 3.8) is 0 Å². The largest absolute Gasteiger partial charge is 0.478 e. The van der Waals surface area contributed by atoms with Crippen molar-refractivity contribution < 1.29 is 14.7 Å². The number of hydrogen-bond acceptors (Lipinski definition) is 2. The summed E-state index contributed by atoms with van der Waals surface area (Å²) in [6, 6.07) is 0. The molecule has 0 unspecified atom stereocenters. The first-order chi connectivity index (χ1) is 4.77. The fourth-order valence-corrected chi connectivity index (χ4v) is 0.391. The zero-order valence-electron chi connectivity index (χ0n) is 5.33. The molecule has 0 saturated heterocycles. The van der Waals surface area contributed by atoms with E-state index >= 15 is 0 Å². The van der Waals surface area contributed by atoms with Gasteiger partial charge in [-0.1, -0.05) is 6.08 Å². The Morgan fingerprint density at radius 1 is 1.70 bits per heavy atom. The topological polar surface area (TPSA) is 66.4 Å². The fourth-order valence-electron chi connectivity index (χ4n) is 0.391. The predicted molar refractivity (Wildman–Crippen MR) is 35.1 cm³/mol. The maximum absolute atomic E-state index is 9.85. The smallest absolute Gasteiger partial charge is 0.327 e. The number of hydrogen-bond donors (Lipinski definition) is 2. The van der Waals surface area contributed by atoms with Gasteiger partial charge in [-0.3, -0.25) is 4.79 Å². The lowest BCUT2D eigenvalue weighted by Crippen LogP contribution is -2.10. The molecule has 0 fully saturated rings. The Kier molecular flexibility index (Phi) is 5.04. The summed E-state index contributed by atoms with van der Waals surface area (Å²) in [5, 5.41) is 10.4. The summed E-state index contributed by atoms with van der Waals surface area (Å²) in [4.78, 5) is 19.4. The van der Waals surface area contributed by atoms with Crippen molar-refractivity contribution in [1.82, 2.24) is 5.32 Å². The molecule has 4 heteroatoms. The summed E-state index contributed by atoms with van der Waals surface area (Å²) in [5.74, 6) is -0.977. The van der Waals surface area contributed by atoms with Gasteiger partial charge in [-0.2, -0.15) is 0 Å². The Hall–Kier alpha value is -1.32. The molecule has 0 aliphatic heterocycles. The average molecular weight is 142 g/mol. The Bertz CT molecular complexity index is 142. The maximum Gasteiger partial charge on any atom is 0.327 e. The molecule has 0 spiro atoms. The summed E-state index contributed by atoms with van der Waals surface area (Å²) in [7, 11) is 0. The number of rotatable bonds is 5. The number of carboxylic acid groups (broad SMARTS) is 1. The van der Waals surface area contributed by atoms with Gasteiger partial charge in [-0.15, -0.1) is 0 Å². The quantitative estimate of drug-likeness (QED) is 0.314. The van der Waals surface area contributed by atoms with E-state index < -0.39 is 5.97 Å². The molecule has 0 saturated carbocycles. The van der Waals surface area contributed by atoms with Crippen LogP contribution in [-0.2, 0) is 9.59 Å². The van der Waals surface area contributed by atoms with Gasteiger partial charge in [0.15, 0.2) is 0 Å². The molecule has 0 heterocycles. The van der Waals surface area contributed by atoms with Crippen LogP contribution in [0.1, 0.15) is 6.42 Å². The number of carbonyl (C=O) groups excluding carboxylic acids is 1. The Labute approximate surface area is 58.5 Å². The number of aliphatic carboxylic acids is 1. The molecule has 0 rings (SSSR count). The van der Waals surface area contributed by atoms with Gasteiger partial charge < -0.3 is 10.4 Å². The summed E-state index contributed by atoms with van der Waals surface area (Å²) < 4.78 is 0. The van der Waals surface area contributed by atoms with E-state index in [1.165, 1.54) is 12.5 Å². The van der Waals surface area contributed by atoms with Crippen molar-refractivity contribution in [3.05, 3.63) is 12.2 Å². The van der Waals surface area contributed by atoms with Gasteiger partial charge in [0.25, 0.3) is 0 Å². The summed E-state index contributed by atoms with van der Waals surface area (Å²) in [6.07, 6.45) is 4.49. The molecule has 55 valence electrons. The lowest BCUT2D eigenvalue weighted by molar-refractivity contribution is -0.131. The second-order valence-electron chi connectivity index (χ2n) is 1.56. The molecule has 0 aliphatic carbocycles. The first-order valence-corrected chi connectivity index (χ1v) is 2.77. The van der Waals surface area contributed by atoms with Gasteiger partial charge in [0.1, 0.15) is 0 Å². The summed E-state index contributed by atoms with van der Waals surface area (Å²) in [6.45, 7) is 0.424. The highest BCUT2D eigenvalue weighted by Gasteiger charge is 1.83. The van der Waals surface area contributed by atoms with Crippen LogP contribution < -0.4 is 5.32 Å². The van der Waals surface area contributed by atoms with E-state index in [0.717, 1.165) is 6.08 Å². The average Bonchev–Trinajstić information content (AvgIpc) is 1.87. The zero-order valence-corrected chi connectivity index (χ0v) is 5.33. The van der Waals surface area contributed by atoms with Crippen LogP contribution in [0.2, 0.25) is 0 Å². The van der Waals surface area contributed by atoms with Crippen LogP contribution in [0.15, 0.2) is 12.2 Å². The Balaban J connectivity index is 3.18. The van der Waals surface area contributed by atoms with Gasteiger partial charge in [0, 0.05) is 12.6 Å². The van der Waals surface area contributed by atoms with Crippen molar-refractivity contribution >= 4 is 12.4 Å².